The number of hydrogen-bond acceptors (Lipinski definition) is 2. The second kappa shape index (κ2) is 5.40. The van der Waals surface area contributed by atoms with Gasteiger partial charge in [-0.25, -0.2) is 0 Å². The number of rotatable bonds is 3. The van der Waals surface area contributed by atoms with Crippen molar-refractivity contribution in [2.45, 2.75) is 39.3 Å². The molecule has 1 aromatic carbocycles. The molecule has 1 aromatic rings. The van der Waals surface area contributed by atoms with E-state index in [0.29, 0.717) is 12.1 Å². The Bertz CT molecular complexity index is 370. The van der Waals surface area contributed by atoms with E-state index in [4.69, 9.17) is 0 Å². The van der Waals surface area contributed by atoms with Crippen LogP contribution >= 0.6 is 15.9 Å². The number of nitrogens with one attached hydrogen (secondary N) is 1. The number of nitrogens with zero attached hydrogens (tertiary/aromatic N) is 1. The van der Waals surface area contributed by atoms with Gasteiger partial charge in [0, 0.05) is 35.3 Å². The molecule has 2 nitrogen and oxygen atoms in total. The van der Waals surface area contributed by atoms with Crippen molar-refractivity contribution in [3.05, 3.63) is 28.2 Å². The van der Waals surface area contributed by atoms with E-state index >= 15 is 0 Å². The Morgan fingerprint density at radius 1 is 1.35 bits per heavy atom. The summed E-state index contributed by atoms with van der Waals surface area (Å²) < 4.78 is 1.15. The van der Waals surface area contributed by atoms with Gasteiger partial charge in [0.1, 0.15) is 0 Å². The Balaban J connectivity index is 1.98. The highest BCUT2D eigenvalue weighted by atomic mass is 79.9. The van der Waals surface area contributed by atoms with Crippen molar-refractivity contribution >= 4 is 21.6 Å². The normalized spacial score (nSPS) is 21.1. The molecule has 0 spiro atoms. The zero-order valence-corrected chi connectivity index (χ0v) is 12.4. The molecule has 2 rings (SSSR count). The second-order valence-electron chi connectivity index (χ2n) is 5.24. The molecule has 0 amide bonds. The lowest BCUT2D eigenvalue weighted by molar-refractivity contribution is 0.274. The molecule has 0 aromatic heterocycles. The standard InChI is InChI=1S/C14H21BrN2/c1-10(2)17-5-4-13(9-17)16-14-7-11(3)6-12(15)8-14/h6-8,10,13,16H,4-5,9H2,1-3H3. The van der Waals surface area contributed by atoms with E-state index < -0.39 is 0 Å². The minimum absolute atomic E-state index is 0.589. The van der Waals surface area contributed by atoms with Gasteiger partial charge >= 0.3 is 0 Å². The van der Waals surface area contributed by atoms with Crippen molar-refractivity contribution in [1.82, 2.24) is 4.90 Å². The van der Waals surface area contributed by atoms with Gasteiger partial charge in [-0.1, -0.05) is 15.9 Å². The van der Waals surface area contributed by atoms with Crippen LogP contribution in [0.25, 0.3) is 0 Å². The third-order valence-corrected chi connectivity index (χ3v) is 3.82. The molecule has 1 N–H and O–H groups in total. The third kappa shape index (κ3) is 3.46. The Morgan fingerprint density at radius 3 is 2.71 bits per heavy atom. The SMILES string of the molecule is Cc1cc(Br)cc(NC2CCN(C(C)C)C2)c1. The molecule has 1 unspecified atom stereocenters. The lowest BCUT2D eigenvalue weighted by atomic mass is 10.2. The van der Waals surface area contributed by atoms with Crippen LogP contribution in [0, 0.1) is 6.92 Å². The highest BCUT2D eigenvalue weighted by molar-refractivity contribution is 9.10. The van der Waals surface area contributed by atoms with Crippen LogP contribution in [0.2, 0.25) is 0 Å². The fourth-order valence-electron chi connectivity index (χ4n) is 2.43. The number of halogens is 1. The zero-order chi connectivity index (χ0) is 12.4. The van der Waals surface area contributed by atoms with Crippen molar-refractivity contribution in [2.75, 3.05) is 18.4 Å². The van der Waals surface area contributed by atoms with Gasteiger partial charge in [-0.3, -0.25) is 4.90 Å². The van der Waals surface area contributed by atoms with Crippen LogP contribution in [0.5, 0.6) is 0 Å². The maximum absolute atomic E-state index is 3.64. The van der Waals surface area contributed by atoms with Gasteiger partial charge in [0.25, 0.3) is 0 Å². The summed E-state index contributed by atoms with van der Waals surface area (Å²) in [5.41, 5.74) is 2.52. The van der Waals surface area contributed by atoms with E-state index in [1.807, 2.05) is 0 Å². The average Bonchev–Trinajstić information content (AvgIpc) is 2.64. The lowest BCUT2D eigenvalue weighted by Gasteiger charge is -2.21. The fourth-order valence-corrected chi connectivity index (χ4v) is 3.04. The van der Waals surface area contributed by atoms with Crippen molar-refractivity contribution in [3.8, 4) is 0 Å². The van der Waals surface area contributed by atoms with Crippen LogP contribution in [0.1, 0.15) is 25.8 Å². The van der Waals surface area contributed by atoms with E-state index in [1.54, 1.807) is 0 Å². The number of aryl methyl sites for hydroxylation is 1. The molecule has 1 saturated heterocycles. The van der Waals surface area contributed by atoms with Gasteiger partial charge in [-0.05, 0) is 51.0 Å². The molecule has 3 heteroatoms. The van der Waals surface area contributed by atoms with Gasteiger partial charge in [-0.2, -0.15) is 0 Å². The summed E-state index contributed by atoms with van der Waals surface area (Å²) in [6, 6.07) is 7.76. The van der Waals surface area contributed by atoms with Gasteiger partial charge in [0.15, 0.2) is 0 Å². The van der Waals surface area contributed by atoms with Gasteiger partial charge in [0.05, 0.1) is 0 Å². The van der Waals surface area contributed by atoms with Crippen LogP contribution < -0.4 is 5.32 Å². The molecule has 17 heavy (non-hydrogen) atoms. The molecular formula is C14H21BrN2. The molecule has 94 valence electrons. The maximum atomic E-state index is 3.64. The van der Waals surface area contributed by atoms with Crippen molar-refractivity contribution in [3.63, 3.8) is 0 Å². The largest absolute Gasteiger partial charge is 0.381 e. The van der Waals surface area contributed by atoms with Crippen molar-refractivity contribution in [1.29, 1.82) is 0 Å². The smallest absolute Gasteiger partial charge is 0.0400 e. The first-order valence-electron chi connectivity index (χ1n) is 6.32. The lowest BCUT2D eigenvalue weighted by Crippen LogP contribution is -2.31. The molecule has 0 saturated carbocycles. The van der Waals surface area contributed by atoms with Crippen LogP contribution in [0.4, 0.5) is 5.69 Å². The molecule has 1 aliphatic heterocycles. The summed E-state index contributed by atoms with van der Waals surface area (Å²) in [5.74, 6) is 0. The summed E-state index contributed by atoms with van der Waals surface area (Å²) in [5, 5.41) is 3.64. The first kappa shape index (κ1) is 12.9. The maximum Gasteiger partial charge on any atom is 0.0400 e. The van der Waals surface area contributed by atoms with E-state index in [2.05, 4.69) is 65.1 Å². The second-order valence-corrected chi connectivity index (χ2v) is 6.15. The molecule has 0 radical (unpaired) electrons. The number of anilines is 1. The van der Waals surface area contributed by atoms with Gasteiger partial charge < -0.3 is 5.32 Å². The zero-order valence-electron chi connectivity index (χ0n) is 10.8. The predicted octanol–water partition coefficient (Wildman–Crippen LogP) is 3.65. The number of likely N-dealkylation sites (tertiary alicyclic amines) is 1. The Hall–Kier alpha value is -0.540. The number of benzene rings is 1. The number of hydrogen-bond donors (Lipinski definition) is 1. The Labute approximate surface area is 113 Å². The van der Waals surface area contributed by atoms with E-state index in [0.717, 1.165) is 11.0 Å². The van der Waals surface area contributed by atoms with E-state index in [9.17, 15) is 0 Å². The summed E-state index contributed by atoms with van der Waals surface area (Å²) in [6.07, 6.45) is 1.24. The average molecular weight is 297 g/mol. The summed E-state index contributed by atoms with van der Waals surface area (Å²) in [4.78, 5) is 2.53. The summed E-state index contributed by atoms with van der Waals surface area (Å²) in [6.45, 7) is 9.04. The molecule has 1 heterocycles. The topological polar surface area (TPSA) is 15.3 Å². The molecular weight excluding hydrogens is 276 g/mol. The van der Waals surface area contributed by atoms with Crippen LogP contribution in [0.3, 0.4) is 0 Å². The predicted molar refractivity (Wildman–Crippen MR) is 77.6 cm³/mol. The molecule has 1 atom stereocenters. The molecule has 1 fully saturated rings. The first-order chi connectivity index (χ1) is 8.04. The first-order valence-corrected chi connectivity index (χ1v) is 7.11. The molecule has 0 bridgehead atoms. The van der Waals surface area contributed by atoms with Crippen molar-refractivity contribution < 1.29 is 0 Å². The monoisotopic (exact) mass is 296 g/mol. The quantitative estimate of drug-likeness (QED) is 0.916. The highest BCUT2D eigenvalue weighted by Crippen LogP contribution is 2.22. The molecule has 0 aliphatic carbocycles. The molecule has 1 aliphatic rings. The third-order valence-electron chi connectivity index (χ3n) is 3.36. The van der Waals surface area contributed by atoms with Crippen molar-refractivity contribution in [2.24, 2.45) is 0 Å². The van der Waals surface area contributed by atoms with E-state index in [-0.39, 0.29) is 0 Å². The van der Waals surface area contributed by atoms with Crippen LogP contribution in [0.15, 0.2) is 22.7 Å². The minimum atomic E-state index is 0.589. The highest BCUT2D eigenvalue weighted by Gasteiger charge is 2.23. The van der Waals surface area contributed by atoms with Gasteiger partial charge in [0.2, 0.25) is 0 Å². The fraction of sp³-hybridized carbons (Fsp3) is 0.571. The van der Waals surface area contributed by atoms with Crippen LogP contribution in [-0.4, -0.2) is 30.1 Å². The minimum Gasteiger partial charge on any atom is -0.381 e. The van der Waals surface area contributed by atoms with Gasteiger partial charge in [-0.15, -0.1) is 0 Å². The Kier molecular flexibility index (Phi) is 4.10. The Morgan fingerprint density at radius 2 is 2.12 bits per heavy atom. The van der Waals surface area contributed by atoms with E-state index in [1.165, 1.54) is 24.2 Å². The summed E-state index contributed by atoms with van der Waals surface area (Å²) in [7, 11) is 0. The summed E-state index contributed by atoms with van der Waals surface area (Å²) >= 11 is 3.55. The van der Waals surface area contributed by atoms with Crippen LogP contribution in [-0.2, 0) is 0 Å².